The normalized spacial score (nSPS) is 21.0. The Morgan fingerprint density at radius 3 is 2.86 bits per heavy atom. The van der Waals surface area contributed by atoms with Crippen LogP contribution in [0.1, 0.15) is 11.8 Å². The van der Waals surface area contributed by atoms with Gasteiger partial charge in [0.2, 0.25) is 10.0 Å². The lowest BCUT2D eigenvalue weighted by Crippen LogP contribution is -2.44. The van der Waals surface area contributed by atoms with Crippen LogP contribution in [0.2, 0.25) is 0 Å². The fourth-order valence-corrected chi connectivity index (χ4v) is 7.61. The van der Waals surface area contributed by atoms with Gasteiger partial charge >= 0.3 is 0 Å². The van der Waals surface area contributed by atoms with E-state index in [0.717, 1.165) is 26.5 Å². The van der Waals surface area contributed by atoms with Crippen molar-refractivity contribution >= 4 is 54.8 Å². The Morgan fingerprint density at radius 2 is 2.14 bits per heavy atom. The highest BCUT2D eigenvalue weighted by Gasteiger charge is 2.34. The molecule has 0 spiro atoms. The third kappa shape index (κ3) is 2.72. The second kappa shape index (κ2) is 6.08. The molecule has 1 aromatic heterocycles. The zero-order valence-electron chi connectivity index (χ0n) is 11.6. The van der Waals surface area contributed by atoms with Crippen LogP contribution in [0.15, 0.2) is 29.2 Å². The van der Waals surface area contributed by atoms with E-state index in [-0.39, 0.29) is 11.9 Å². The molecule has 0 bridgehead atoms. The first-order valence-electron chi connectivity index (χ1n) is 6.71. The van der Waals surface area contributed by atoms with Crippen LogP contribution in [-0.2, 0) is 15.9 Å². The molecular weight excluding hydrogens is 346 g/mol. The van der Waals surface area contributed by atoms with Gasteiger partial charge in [0.25, 0.3) is 0 Å². The Hall–Kier alpha value is -0.270. The van der Waals surface area contributed by atoms with E-state index in [2.05, 4.69) is 0 Å². The van der Waals surface area contributed by atoms with Gasteiger partial charge in [-0.05, 0) is 13.0 Å². The van der Waals surface area contributed by atoms with Crippen LogP contribution in [-0.4, -0.2) is 36.8 Å². The number of rotatable bonds is 3. The van der Waals surface area contributed by atoms with Crippen LogP contribution >= 0.6 is 34.7 Å². The molecular formula is C14H16ClNO2S3. The maximum atomic E-state index is 13.1. The van der Waals surface area contributed by atoms with E-state index in [1.54, 1.807) is 16.1 Å². The number of hydrogen-bond acceptors (Lipinski definition) is 4. The highest BCUT2D eigenvalue weighted by molar-refractivity contribution is 7.99. The van der Waals surface area contributed by atoms with Crippen LogP contribution in [0, 0.1) is 0 Å². The second-order valence-electron chi connectivity index (χ2n) is 5.02. The fourth-order valence-electron chi connectivity index (χ4n) is 2.63. The molecule has 0 radical (unpaired) electrons. The molecule has 0 amide bonds. The first kappa shape index (κ1) is 15.6. The van der Waals surface area contributed by atoms with Crippen molar-refractivity contribution in [3.8, 4) is 0 Å². The molecule has 1 atom stereocenters. The minimum absolute atomic E-state index is 0.0237. The highest BCUT2D eigenvalue weighted by atomic mass is 35.5. The van der Waals surface area contributed by atoms with Crippen LogP contribution in [0.3, 0.4) is 0 Å². The zero-order chi connectivity index (χ0) is 15.0. The minimum Gasteiger partial charge on any atom is -0.207 e. The van der Waals surface area contributed by atoms with Gasteiger partial charge in [0.15, 0.2) is 0 Å². The summed E-state index contributed by atoms with van der Waals surface area (Å²) in [7, 11) is -3.49. The van der Waals surface area contributed by atoms with E-state index in [1.807, 2.05) is 31.2 Å². The zero-order valence-corrected chi connectivity index (χ0v) is 14.8. The summed E-state index contributed by atoms with van der Waals surface area (Å²) >= 11 is 9.29. The van der Waals surface area contributed by atoms with Gasteiger partial charge < -0.3 is 0 Å². The molecule has 3 nitrogen and oxygen atoms in total. The molecule has 2 heterocycles. The van der Waals surface area contributed by atoms with Crippen molar-refractivity contribution in [2.45, 2.75) is 23.7 Å². The summed E-state index contributed by atoms with van der Waals surface area (Å²) in [6, 6.07) is 7.65. The van der Waals surface area contributed by atoms with Gasteiger partial charge in [-0.2, -0.15) is 16.1 Å². The topological polar surface area (TPSA) is 37.4 Å². The van der Waals surface area contributed by atoms with E-state index in [0.29, 0.717) is 11.4 Å². The summed E-state index contributed by atoms with van der Waals surface area (Å²) in [5, 5.41) is 0.795. The number of nitrogens with zero attached hydrogens (tertiary/aromatic N) is 1. The van der Waals surface area contributed by atoms with Gasteiger partial charge in [-0.3, -0.25) is 0 Å². The quantitative estimate of drug-likeness (QED) is 0.781. The van der Waals surface area contributed by atoms with E-state index in [4.69, 9.17) is 11.6 Å². The van der Waals surface area contributed by atoms with E-state index >= 15 is 0 Å². The number of benzene rings is 1. The van der Waals surface area contributed by atoms with E-state index in [1.165, 1.54) is 11.3 Å². The number of halogens is 1. The van der Waals surface area contributed by atoms with Gasteiger partial charge in [-0.25, -0.2) is 8.42 Å². The Kier molecular flexibility index (Phi) is 4.52. The first-order valence-corrected chi connectivity index (χ1v) is 10.7. The highest BCUT2D eigenvalue weighted by Crippen LogP contribution is 2.38. The molecule has 1 aromatic carbocycles. The summed E-state index contributed by atoms with van der Waals surface area (Å²) in [5.41, 5.74) is 0. The van der Waals surface area contributed by atoms with Crippen molar-refractivity contribution in [1.29, 1.82) is 0 Å². The Morgan fingerprint density at radius 1 is 1.38 bits per heavy atom. The second-order valence-corrected chi connectivity index (χ2v) is 9.41. The Bertz CT molecular complexity index is 757. The molecule has 21 heavy (non-hydrogen) atoms. The average Bonchev–Trinajstić information content (AvgIpc) is 2.86. The predicted molar refractivity (Wildman–Crippen MR) is 92.1 cm³/mol. The van der Waals surface area contributed by atoms with Crippen LogP contribution < -0.4 is 0 Å². The van der Waals surface area contributed by atoms with Gasteiger partial charge in [0.1, 0.15) is 4.90 Å². The molecule has 0 N–H and O–H groups in total. The van der Waals surface area contributed by atoms with Crippen LogP contribution in [0.25, 0.3) is 10.1 Å². The number of hydrogen-bond donors (Lipinski definition) is 0. The van der Waals surface area contributed by atoms with Gasteiger partial charge in [-0.15, -0.1) is 22.9 Å². The SMILES string of the molecule is CC1CSCCN1S(=O)(=O)c1c(CCl)sc2ccccc12. The van der Waals surface area contributed by atoms with Crippen molar-refractivity contribution in [2.75, 3.05) is 18.1 Å². The number of sulfonamides is 1. The lowest BCUT2D eigenvalue weighted by atomic mass is 10.2. The molecule has 0 aliphatic carbocycles. The third-order valence-electron chi connectivity index (χ3n) is 3.61. The fraction of sp³-hybridized carbons (Fsp3) is 0.429. The standard InChI is InChI=1S/C14H16ClNO2S3/c1-10-9-19-7-6-16(10)21(17,18)14-11-4-2-3-5-12(11)20-13(14)8-15/h2-5,10H,6-9H2,1H3. The third-order valence-corrected chi connectivity index (χ3v) is 8.67. The molecule has 1 aliphatic rings. The number of fused-ring (bicyclic) bond motifs is 1. The number of thioether (sulfide) groups is 1. The maximum absolute atomic E-state index is 13.1. The number of alkyl halides is 1. The monoisotopic (exact) mass is 361 g/mol. The van der Waals surface area contributed by atoms with Crippen LogP contribution in [0.4, 0.5) is 0 Å². The first-order chi connectivity index (χ1) is 10.1. The summed E-state index contributed by atoms with van der Waals surface area (Å²) < 4.78 is 28.8. The van der Waals surface area contributed by atoms with E-state index < -0.39 is 10.0 Å². The van der Waals surface area contributed by atoms with Crippen molar-refractivity contribution in [2.24, 2.45) is 0 Å². The smallest absolute Gasteiger partial charge is 0.207 e. The predicted octanol–water partition coefficient (Wildman–Crippen LogP) is 3.77. The molecule has 114 valence electrons. The largest absolute Gasteiger partial charge is 0.245 e. The molecule has 1 aliphatic heterocycles. The van der Waals surface area contributed by atoms with Gasteiger partial charge in [0.05, 0.1) is 5.88 Å². The molecule has 2 aromatic rings. The van der Waals surface area contributed by atoms with Gasteiger partial charge in [-0.1, -0.05) is 18.2 Å². The average molecular weight is 362 g/mol. The van der Waals surface area contributed by atoms with Crippen LogP contribution in [0.5, 0.6) is 0 Å². The minimum atomic E-state index is -3.49. The van der Waals surface area contributed by atoms with Crippen molar-refractivity contribution in [3.63, 3.8) is 0 Å². The summed E-state index contributed by atoms with van der Waals surface area (Å²) in [4.78, 5) is 1.15. The van der Waals surface area contributed by atoms with Crippen molar-refractivity contribution < 1.29 is 8.42 Å². The molecule has 1 saturated heterocycles. The maximum Gasteiger partial charge on any atom is 0.245 e. The van der Waals surface area contributed by atoms with E-state index in [9.17, 15) is 8.42 Å². The Labute approximate surface area is 138 Å². The summed E-state index contributed by atoms with van der Waals surface area (Å²) in [6.07, 6.45) is 0. The molecule has 1 fully saturated rings. The Balaban J connectivity index is 2.18. The van der Waals surface area contributed by atoms with Crippen molar-refractivity contribution in [1.82, 2.24) is 4.31 Å². The lowest BCUT2D eigenvalue weighted by Gasteiger charge is -2.32. The van der Waals surface area contributed by atoms with Crippen molar-refractivity contribution in [3.05, 3.63) is 29.1 Å². The van der Waals surface area contributed by atoms with Gasteiger partial charge in [0, 0.05) is 39.1 Å². The summed E-state index contributed by atoms with van der Waals surface area (Å²) in [6.45, 7) is 2.54. The molecule has 0 saturated carbocycles. The molecule has 3 rings (SSSR count). The molecule has 1 unspecified atom stereocenters. The summed E-state index contributed by atoms with van der Waals surface area (Å²) in [5.74, 6) is 1.92. The molecule has 7 heteroatoms. The number of thiophene rings is 1. The lowest BCUT2D eigenvalue weighted by molar-refractivity contribution is 0.368.